The van der Waals surface area contributed by atoms with Crippen LogP contribution in [0.4, 0.5) is 0 Å². The summed E-state index contributed by atoms with van der Waals surface area (Å²) in [4.78, 5) is 24.6. The summed E-state index contributed by atoms with van der Waals surface area (Å²) in [6, 6.07) is 14.9. The summed E-state index contributed by atoms with van der Waals surface area (Å²) in [5.41, 5.74) is 1.39. The molecule has 0 fully saturated rings. The molecule has 0 aliphatic heterocycles. The van der Waals surface area contributed by atoms with E-state index >= 15 is 0 Å². The topological polar surface area (TPSA) is 91.0 Å². The fourth-order valence-corrected chi connectivity index (χ4v) is 3.28. The Labute approximate surface area is 166 Å². The van der Waals surface area contributed by atoms with Gasteiger partial charge in [0, 0.05) is 36.6 Å². The van der Waals surface area contributed by atoms with Gasteiger partial charge in [-0.15, -0.1) is 5.10 Å². The van der Waals surface area contributed by atoms with Crippen LogP contribution in [-0.2, 0) is 17.9 Å². The first kappa shape index (κ1) is 18.7. The Kier molecular flexibility index (Phi) is 5.24. The number of nitrogens with zero attached hydrogens (tertiary/aromatic N) is 4. The molecule has 1 N–H and O–H groups in total. The van der Waals surface area contributed by atoms with Crippen LogP contribution in [0.25, 0.3) is 21.8 Å². The molecule has 0 saturated heterocycles. The lowest BCUT2D eigenvalue weighted by Crippen LogP contribution is -2.31. The number of amides is 1. The quantitative estimate of drug-likeness (QED) is 0.520. The summed E-state index contributed by atoms with van der Waals surface area (Å²) < 4.78 is 8.55. The number of hydrogen-bond acceptors (Lipinski definition) is 5. The summed E-state index contributed by atoms with van der Waals surface area (Å²) in [5, 5.41) is 12.4. The molecular weight excluding hydrogens is 370 g/mol. The van der Waals surface area contributed by atoms with Gasteiger partial charge in [0.1, 0.15) is 11.3 Å². The monoisotopic (exact) mass is 391 g/mol. The van der Waals surface area contributed by atoms with Gasteiger partial charge in [-0.05, 0) is 36.4 Å². The van der Waals surface area contributed by atoms with Crippen molar-refractivity contribution in [3.8, 4) is 5.75 Å². The summed E-state index contributed by atoms with van der Waals surface area (Å²) in [6.45, 7) is 1.33. The molecule has 0 aliphatic carbocycles. The van der Waals surface area contributed by atoms with Gasteiger partial charge in [0.2, 0.25) is 5.91 Å². The second-order valence-electron chi connectivity index (χ2n) is 6.67. The largest absolute Gasteiger partial charge is 0.497 e. The first-order chi connectivity index (χ1) is 14.2. The van der Waals surface area contributed by atoms with Crippen LogP contribution in [0.3, 0.4) is 0 Å². The molecule has 2 aromatic heterocycles. The molecule has 0 saturated carbocycles. The van der Waals surface area contributed by atoms with Crippen LogP contribution >= 0.6 is 0 Å². The van der Waals surface area contributed by atoms with E-state index in [1.165, 1.54) is 4.68 Å². The van der Waals surface area contributed by atoms with Gasteiger partial charge in [-0.1, -0.05) is 17.3 Å². The SMILES string of the molecule is COc1ccc2c(ccn2CCNC(=O)CCn2nnc3ccccc3c2=O)c1. The fourth-order valence-electron chi connectivity index (χ4n) is 3.28. The first-order valence-electron chi connectivity index (χ1n) is 9.38. The van der Waals surface area contributed by atoms with Crippen molar-refractivity contribution in [1.29, 1.82) is 0 Å². The average Bonchev–Trinajstić information content (AvgIpc) is 3.15. The van der Waals surface area contributed by atoms with E-state index < -0.39 is 0 Å². The van der Waals surface area contributed by atoms with E-state index in [-0.39, 0.29) is 24.4 Å². The standard InChI is InChI=1S/C21H21N5O3/c1-29-16-6-7-19-15(14-16)8-11-25(19)13-10-22-20(27)9-12-26-21(28)17-4-2-3-5-18(17)23-24-26/h2-8,11,14H,9-10,12-13H2,1H3,(H,22,27). The molecule has 2 heterocycles. The molecule has 1 amide bonds. The second-order valence-corrected chi connectivity index (χ2v) is 6.67. The van der Waals surface area contributed by atoms with Crippen molar-refractivity contribution >= 4 is 27.7 Å². The molecule has 2 aromatic carbocycles. The molecule has 0 spiro atoms. The second kappa shape index (κ2) is 8.14. The van der Waals surface area contributed by atoms with E-state index in [0.29, 0.717) is 24.0 Å². The maximum absolute atomic E-state index is 12.4. The van der Waals surface area contributed by atoms with Crippen LogP contribution in [0.5, 0.6) is 5.75 Å². The van der Waals surface area contributed by atoms with Gasteiger partial charge in [-0.25, -0.2) is 4.68 Å². The zero-order valence-electron chi connectivity index (χ0n) is 16.0. The minimum Gasteiger partial charge on any atom is -0.497 e. The average molecular weight is 391 g/mol. The summed E-state index contributed by atoms with van der Waals surface area (Å²) >= 11 is 0. The number of benzene rings is 2. The van der Waals surface area contributed by atoms with Crippen LogP contribution in [0.1, 0.15) is 6.42 Å². The number of fused-ring (bicyclic) bond motifs is 2. The fraction of sp³-hybridized carbons (Fsp3) is 0.238. The highest BCUT2D eigenvalue weighted by atomic mass is 16.5. The molecule has 4 rings (SSSR count). The first-order valence-corrected chi connectivity index (χ1v) is 9.38. The zero-order valence-corrected chi connectivity index (χ0v) is 16.0. The Morgan fingerprint density at radius 2 is 2.00 bits per heavy atom. The Balaban J connectivity index is 1.32. The predicted molar refractivity (Wildman–Crippen MR) is 110 cm³/mol. The van der Waals surface area contributed by atoms with Crippen molar-refractivity contribution in [1.82, 2.24) is 24.9 Å². The molecule has 0 unspecified atom stereocenters. The van der Waals surface area contributed by atoms with E-state index in [9.17, 15) is 9.59 Å². The molecule has 0 atom stereocenters. The lowest BCUT2D eigenvalue weighted by molar-refractivity contribution is -0.121. The number of aromatic nitrogens is 4. The molecule has 148 valence electrons. The smallest absolute Gasteiger partial charge is 0.277 e. The highest BCUT2D eigenvalue weighted by Crippen LogP contribution is 2.21. The highest BCUT2D eigenvalue weighted by molar-refractivity contribution is 5.81. The Morgan fingerprint density at radius 1 is 1.14 bits per heavy atom. The van der Waals surface area contributed by atoms with E-state index in [1.54, 1.807) is 31.4 Å². The van der Waals surface area contributed by atoms with Gasteiger partial charge in [0.05, 0.1) is 19.0 Å². The van der Waals surface area contributed by atoms with Gasteiger partial charge in [0.15, 0.2) is 0 Å². The number of methoxy groups -OCH3 is 1. The maximum Gasteiger partial charge on any atom is 0.277 e. The zero-order chi connectivity index (χ0) is 20.2. The van der Waals surface area contributed by atoms with Crippen LogP contribution in [0, 0.1) is 0 Å². The number of nitrogens with one attached hydrogen (secondary N) is 1. The van der Waals surface area contributed by atoms with Gasteiger partial charge < -0.3 is 14.6 Å². The van der Waals surface area contributed by atoms with Crippen LogP contribution in [0.15, 0.2) is 59.5 Å². The van der Waals surface area contributed by atoms with Crippen LogP contribution < -0.4 is 15.6 Å². The Hall–Kier alpha value is -3.68. The molecule has 0 aliphatic rings. The van der Waals surface area contributed by atoms with E-state index in [2.05, 4.69) is 20.2 Å². The normalized spacial score (nSPS) is 11.1. The van der Waals surface area contributed by atoms with Crippen molar-refractivity contribution in [3.63, 3.8) is 0 Å². The summed E-state index contributed by atoms with van der Waals surface area (Å²) in [5.74, 6) is 0.681. The third kappa shape index (κ3) is 3.96. The Bertz CT molecular complexity index is 1230. The molecule has 4 aromatic rings. The molecule has 0 radical (unpaired) electrons. The predicted octanol–water partition coefficient (Wildman–Crippen LogP) is 1.96. The number of ether oxygens (including phenoxy) is 1. The lowest BCUT2D eigenvalue weighted by atomic mass is 10.2. The highest BCUT2D eigenvalue weighted by Gasteiger charge is 2.08. The molecule has 8 nitrogen and oxygen atoms in total. The van der Waals surface area contributed by atoms with Gasteiger partial charge in [0.25, 0.3) is 5.56 Å². The van der Waals surface area contributed by atoms with Crippen LogP contribution in [-0.4, -0.2) is 39.1 Å². The number of carbonyl (C=O) groups excluding carboxylic acids is 1. The third-order valence-electron chi connectivity index (χ3n) is 4.83. The number of carbonyl (C=O) groups is 1. The lowest BCUT2D eigenvalue weighted by Gasteiger charge is -2.09. The van der Waals surface area contributed by atoms with Gasteiger partial charge >= 0.3 is 0 Å². The molecular formula is C21H21N5O3. The van der Waals surface area contributed by atoms with E-state index in [4.69, 9.17) is 4.74 Å². The van der Waals surface area contributed by atoms with Crippen molar-refractivity contribution in [3.05, 3.63) is 65.1 Å². The van der Waals surface area contributed by atoms with Crippen molar-refractivity contribution in [2.45, 2.75) is 19.5 Å². The number of rotatable bonds is 7. The summed E-state index contributed by atoms with van der Waals surface area (Å²) in [6.07, 6.45) is 2.15. The van der Waals surface area contributed by atoms with Gasteiger partial charge in [-0.3, -0.25) is 9.59 Å². The Morgan fingerprint density at radius 3 is 2.86 bits per heavy atom. The third-order valence-corrected chi connectivity index (χ3v) is 4.83. The minimum atomic E-state index is -0.238. The van der Waals surface area contributed by atoms with Crippen LogP contribution in [0.2, 0.25) is 0 Å². The number of aryl methyl sites for hydroxylation is 1. The maximum atomic E-state index is 12.4. The number of hydrogen-bond donors (Lipinski definition) is 1. The van der Waals surface area contributed by atoms with Crippen molar-refractivity contribution in [2.24, 2.45) is 0 Å². The summed E-state index contributed by atoms with van der Waals surface area (Å²) in [7, 11) is 1.64. The van der Waals surface area contributed by atoms with Crippen molar-refractivity contribution in [2.75, 3.05) is 13.7 Å². The minimum absolute atomic E-state index is 0.134. The molecule has 8 heteroatoms. The van der Waals surface area contributed by atoms with Gasteiger partial charge in [-0.2, -0.15) is 0 Å². The molecule has 29 heavy (non-hydrogen) atoms. The molecule has 0 bridgehead atoms. The van der Waals surface area contributed by atoms with Crippen molar-refractivity contribution < 1.29 is 9.53 Å². The van der Waals surface area contributed by atoms with E-state index in [1.807, 2.05) is 30.5 Å². The van der Waals surface area contributed by atoms with E-state index in [0.717, 1.165) is 16.7 Å².